The Kier molecular flexibility index (Phi) is 5.49. The number of amides is 1. The molecule has 1 aliphatic rings. The van der Waals surface area contributed by atoms with Gasteiger partial charge in [-0.25, -0.2) is 4.79 Å². The van der Waals surface area contributed by atoms with E-state index in [1.807, 2.05) is 12.1 Å². The van der Waals surface area contributed by atoms with Gasteiger partial charge in [0.1, 0.15) is 6.61 Å². The van der Waals surface area contributed by atoms with Gasteiger partial charge in [-0.2, -0.15) is 0 Å². The number of primary amides is 1. The van der Waals surface area contributed by atoms with Gasteiger partial charge in [0.05, 0.1) is 17.7 Å². The second-order valence-electron chi connectivity index (χ2n) is 4.30. The van der Waals surface area contributed by atoms with E-state index in [0.29, 0.717) is 26.3 Å². The number of hydrogen-bond donors (Lipinski definition) is 2. The van der Waals surface area contributed by atoms with Gasteiger partial charge in [0.25, 0.3) is 0 Å². The molecule has 0 spiro atoms. The number of ether oxygens (including phenoxy) is 3. The lowest BCUT2D eigenvalue weighted by Gasteiger charge is -2.12. The number of carbonyl (C=O) groups is 1. The number of carbonyl (C=O) groups excluding carboxylic acids is 1. The summed E-state index contributed by atoms with van der Waals surface area (Å²) in [7, 11) is 0. The summed E-state index contributed by atoms with van der Waals surface area (Å²) in [4.78, 5) is 10.4. The summed E-state index contributed by atoms with van der Waals surface area (Å²) in [6.07, 6.45) is 0.115. The number of hydrogen-bond acceptors (Lipinski definition) is 5. The molecular weight excluding hydrogens is 328 g/mol. The van der Waals surface area contributed by atoms with Crippen molar-refractivity contribution in [2.75, 3.05) is 26.4 Å². The third-order valence-corrected chi connectivity index (χ3v) is 3.30. The minimum atomic E-state index is -0.759. The number of fused-ring (bicyclic) bond motifs is 1. The van der Waals surface area contributed by atoms with Gasteiger partial charge in [-0.15, -0.1) is 0 Å². The van der Waals surface area contributed by atoms with E-state index in [9.17, 15) is 4.79 Å². The Morgan fingerprint density at radius 3 is 3.00 bits per heavy atom. The first-order chi connectivity index (χ1) is 9.66. The zero-order valence-corrected chi connectivity index (χ0v) is 12.6. The Balaban J connectivity index is 1.90. The van der Waals surface area contributed by atoms with Gasteiger partial charge >= 0.3 is 6.09 Å². The van der Waals surface area contributed by atoms with Crippen molar-refractivity contribution in [3.8, 4) is 11.5 Å². The Morgan fingerprint density at radius 2 is 2.20 bits per heavy atom. The molecule has 3 N–H and O–H groups in total. The van der Waals surface area contributed by atoms with Crippen molar-refractivity contribution in [2.45, 2.75) is 13.0 Å². The van der Waals surface area contributed by atoms with E-state index in [4.69, 9.17) is 15.2 Å². The zero-order valence-electron chi connectivity index (χ0n) is 11.0. The average molecular weight is 345 g/mol. The number of rotatable bonds is 5. The van der Waals surface area contributed by atoms with Crippen LogP contribution in [0.3, 0.4) is 0 Å². The quantitative estimate of drug-likeness (QED) is 0.795. The third kappa shape index (κ3) is 4.28. The van der Waals surface area contributed by atoms with Crippen LogP contribution in [-0.2, 0) is 11.3 Å². The summed E-state index contributed by atoms with van der Waals surface area (Å²) in [5.74, 6) is 1.50. The Labute approximate surface area is 125 Å². The molecule has 1 amide bonds. The number of nitrogens with one attached hydrogen (secondary N) is 1. The molecule has 2 rings (SSSR count). The molecule has 0 unspecified atom stereocenters. The Morgan fingerprint density at radius 1 is 1.40 bits per heavy atom. The van der Waals surface area contributed by atoms with Gasteiger partial charge in [0, 0.05) is 19.5 Å². The lowest BCUT2D eigenvalue weighted by Crippen LogP contribution is -2.23. The van der Waals surface area contributed by atoms with Crippen LogP contribution in [0, 0.1) is 0 Å². The summed E-state index contributed by atoms with van der Waals surface area (Å²) >= 11 is 3.49. The second-order valence-corrected chi connectivity index (χ2v) is 5.15. The molecule has 0 aliphatic carbocycles. The lowest BCUT2D eigenvalue weighted by molar-refractivity contribution is 0.157. The maximum absolute atomic E-state index is 10.4. The molecule has 1 aliphatic heterocycles. The first kappa shape index (κ1) is 14.9. The topological polar surface area (TPSA) is 82.8 Å². The van der Waals surface area contributed by atoms with Crippen molar-refractivity contribution in [1.29, 1.82) is 0 Å². The fraction of sp³-hybridized carbons (Fsp3) is 0.462. The first-order valence-electron chi connectivity index (χ1n) is 6.38. The fourth-order valence-electron chi connectivity index (χ4n) is 1.84. The molecule has 0 fully saturated rings. The summed E-state index contributed by atoms with van der Waals surface area (Å²) in [6.45, 7) is 2.74. The third-order valence-electron chi connectivity index (χ3n) is 2.71. The first-order valence-corrected chi connectivity index (χ1v) is 7.17. The van der Waals surface area contributed by atoms with Gasteiger partial charge in [-0.05, 0) is 33.6 Å². The van der Waals surface area contributed by atoms with Crippen molar-refractivity contribution in [3.63, 3.8) is 0 Å². The highest BCUT2D eigenvalue weighted by atomic mass is 79.9. The molecular formula is C13H17BrN2O4. The van der Waals surface area contributed by atoms with Gasteiger partial charge in [-0.1, -0.05) is 0 Å². The zero-order chi connectivity index (χ0) is 14.4. The molecule has 0 atom stereocenters. The van der Waals surface area contributed by atoms with Crippen molar-refractivity contribution in [1.82, 2.24) is 5.32 Å². The second kappa shape index (κ2) is 7.35. The largest absolute Gasteiger partial charge is 0.490 e. The fourth-order valence-corrected chi connectivity index (χ4v) is 2.45. The lowest BCUT2D eigenvalue weighted by atomic mass is 10.2. The van der Waals surface area contributed by atoms with Gasteiger partial charge in [-0.3, -0.25) is 0 Å². The highest BCUT2D eigenvalue weighted by molar-refractivity contribution is 9.10. The van der Waals surface area contributed by atoms with Crippen LogP contribution in [0.2, 0.25) is 0 Å². The van der Waals surface area contributed by atoms with Crippen molar-refractivity contribution >= 4 is 22.0 Å². The van der Waals surface area contributed by atoms with Crippen molar-refractivity contribution in [2.24, 2.45) is 5.73 Å². The predicted octanol–water partition coefficient (Wildman–Crippen LogP) is 1.80. The van der Waals surface area contributed by atoms with Gasteiger partial charge < -0.3 is 25.3 Å². The minimum absolute atomic E-state index is 0.251. The standard InChI is InChI=1S/C13H17BrN2O4/c14-10-6-9(8-16-2-5-20-13(15)17)7-11-12(10)19-4-1-3-18-11/h6-7,16H,1-5,8H2,(H2,15,17). The molecule has 0 bridgehead atoms. The van der Waals surface area contributed by atoms with Crippen LogP contribution in [0.4, 0.5) is 4.79 Å². The maximum atomic E-state index is 10.4. The molecule has 7 heteroatoms. The van der Waals surface area contributed by atoms with Crippen LogP contribution in [-0.4, -0.2) is 32.5 Å². The molecule has 1 heterocycles. The summed E-state index contributed by atoms with van der Waals surface area (Å²) in [5, 5.41) is 3.16. The van der Waals surface area contributed by atoms with E-state index in [1.54, 1.807) is 0 Å². The number of halogens is 1. The highest BCUT2D eigenvalue weighted by Crippen LogP contribution is 2.38. The molecule has 0 radical (unpaired) electrons. The van der Waals surface area contributed by atoms with Crippen LogP contribution in [0.25, 0.3) is 0 Å². The normalized spacial score (nSPS) is 13.7. The smallest absolute Gasteiger partial charge is 0.404 e. The van der Waals surface area contributed by atoms with E-state index >= 15 is 0 Å². The minimum Gasteiger partial charge on any atom is -0.490 e. The van der Waals surface area contributed by atoms with Crippen LogP contribution in [0.15, 0.2) is 16.6 Å². The predicted molar refractivity (Wildman–Crippen MR) is 77.0 cm³/mol. The maximum Gasteiger partial charge on any atom is 0.404 e. The van der Waals surface area contributed by atoms with Crippen LogP contribution >= 0.6 is 15.9 Å². The van der Waals surface area contributed by atoms with Gasteiger partial charge in [0.15, 0.2) is 11.5 Å². The van der Waals surface area contributed by atoms with E-state index < -0.39 is 6.09 Å². The summed E-state index contributed by atoms with van der Waals surface area (Å²) in [5.41, 5.74) is 5.93. The van der Waals surface area contributed by atoms with E-state index in [-0.39, 0.29) is 6.61 Å². The molecule has 0 saturated carbocycles. The molecule has 1 aromatic rings. The SMILES string of the molecule is NC(=O)OCCNCc1cc(Br)c2c(c1)OCCCO2. The monoisotopic (exact) mass is 344 g/mol. The molecule has 20 heavy (non-hydrogen) atoms. The number of nitrogens with two attached hydrogens (primary N) is 1. The average Bonchev–Trinajstić information content (AvgIpc) is 2.63. The van der Waals surface area contributed by atoms with E-state index in [0.717, 1.165) is 28.0 Å². The molecule has 110 valence electrons. The van der Waals surface area contributed by atoms with E-state index in [2.05, 4.69) is 26.0 Å². The van der Waals surface area contributed by atoms with E-state index in [1.165, 1.54) is 0 Å². The molecule has 0 saturated heterocycles. The van der Waals surface area contributed by atoms with Crippen molar-refractivity contribution in [3.05, 3.63) is 22.2 Å². The Bertz CT molecular complexity index is 482. The van der Waals surface area contributed by atoms with Crippen LogP contribution in [0.1, 0.15) is 12.0 Å². The summed E-state index contributed by atoms with van der Waals surface area (Å²) < 4.78 is 16.8. The molecule has 6 nitrogen and oxygen atoms in total. The highest BCUT2D eigenvalue weighted by Gasteiger charge is 2.15. The van der Waals surface area contributed by atoms with Crippen LogP contribution in [0.5, 0.6) is 11.5 Å². The molecule has 0 aromatic heterocycles. The number of benzene rings is 1. The van der Waals surface area contributed by atoms with Gasteiger partial charge in [0.2, 0.25) is 0 Å². The Hall–Kier alpha value is -1.47. The van der Waals surface area contributed by atoms with Crippen LogP contribution < -0.4 is 20.5 Å². The summed E-state index contributed by atoms with van der Waals surface area (Å²) in [6, 6.07) is 3.93. The van der Waals surface area contributed by atoms with Crippen molar-refractivity contribution < 1.29 is 19.0 Å². The molecule has 1 aromatic carbocycles.